The van der Waals surface area contributed by atoms with Crippen LogP contribution in [0.25, 0.3) is 0 Å². The molecule has 0 atom stereocenters. The number of nitrogens with zero attached hydrogens (tertiary/aromatic N) is 1. The fourth-order valence-corrected chi connectivity index (χ4v) is 7.81. The van der Waals surface area contributed by atoms with E-state index >= 15 is 0 Å². The molecule has 3 nitrogen and oxygen atoms in total. The Hall–Kier alpha value is 0.170. The molecule has 0 aliphatic heterocycles. The minimum atomic E-state index is 0. The molecule has 0 fully saturated rings. The summed E-state index contributed by atoms with van der Waals surface area (Å²) in [6.07, 6.45) is 53.7. The van der Waals surface area contributed by atoms with Gasteiger partial charge in [0.25, 0.3) is 0 Å². The highest BCUT2D eigenvalue weighted by Gasteiger charge is 2.17. The lowest BCUT2D eigenvalue weighted by molar-refractivity contribution is 0.109. The summed E-state index contributed by atoms with van der Waals surface area (Å²) >= 11 is 0. The summed E-state index contributed by atoms with van der Waals surface area (Å²) in [5, 5.41) is 19.3. The Kier molecular flexibility index (Phi) is 48.3. The van der Waals surface area contributed by atoms with Crippen LogP contribution in [0.15, 0.2) is 0 Å². The summed E-state index contributed by atoms with van der Waals surface area (Å²) in [5.74, 6) is 0. The maximum atomic E-state index is 9.64. The summed E-state index contributed by atoms with van der Waals surface area (Å²) in [6, 6.07) is 0.534. The van der Waals surface area contributed by atoms with Crippen LogP contribution in [0.4, 0.5) is 0 Å². The van der Waals surface area contributed by atoms with Gasteiger partial charge in [-0.1, -0.05) is 245 Å². The van der Waals surface area contributed by atoms with Crippen molar-refractivity contribution < 1.29 is 10.2 Å². The van der Waals surface area contributed by atoms with Crippen LogP contribution in [-0.4, -0.2) is 47.5 Å². The Bertz CT molecular complexity index is 516. The maximum Gasteiger partial charge on any atom is 0.0558 e. The molecule has 49 heavy (non-hydrogen) atoms. The molecule has 0 spiro atoms. The Morgan fingerprint density at radius 2 is 0.490 bits per heavy atom. The van der Waals surface area contributed by atoms with E-state index in [4.69, 9.17) is 0 Å². The van der Waals surface area contributed by atoms with Gasteiger partial charge in [-0.25, -0.2) is 0 Å². The average molecular weight is 717 g/mol. The monoisotopic (exact) mass is 716 g/mol. The zero-order valence-electron chi connectivity index (χ0n) is 34.0. The third kappa shape index (κ3) is 40.8. The minimum Gasteiger partial charge on any atom is -0.395 e. The molecule has 0 heterocycles. The Morgan fingerprint density at radius 3 is 0.673 bits per heavy atom. The smallest absolute Gasteiger partial charge is 0.0558 e. The maximum absolute atomic E-state index is 9.64. The second-order valence-electron chi connectivity index (χ2n) is 15.7. The fraction of sp³-hybridized carbons (Fsp3) is 1.00. The molecular formula is C45H94ClNO2. The standard InChI is InChI=1S/C45H93NO2.ClH/c1-3-5-7-9-11-13-15-17-19-21-23-25-27-29-31-33-35-37-39-45(46(41-43-47)42-44-48)40-38-36-34-32-30-28-26-24-22-20-18-16-14-12-10-8-6-4-2;/h45,47-48H,3-44H2,1-2H3;1H. The lowest BCUT2D eigenvalue weighted by atomic mass is 9.98. The van der Waals surface area contributed by atoms with Gasteiger partial charge in [-0.15, -0.1) is 12.4 Å². The van der Waals surface area contributed by atoms with E-state index in [0.717, 1.165) is 0 Å². The van der Waals surface area contributed by atoms with Gasteiger partial charge in [0.2, 0.25) is 0 Å². The highest BCUT2D eigenvalue weighted by molar-refractivity contribution is 5.85. The minimum absolute atomic E-state index is 0. The number of aliphatic hydroxyl groups is 2. The van der Waals surface area contributed by atoms with Crippen molar-refractivity contribution in [2.75, 3.05) is 26.3 Å². The molecule has 0 rings (SSSR count). The molecule has 0 unspecified atom stereocenters. The molecule has 0 aliphatic rings. The molecule has 4 heteroatoms. The van der Waals surface area contributed by atoms with Gasteiger partial charge < -0.3 is 10.2 Å². The quantitative estimate of drug-likeness (QED) is 0.0618. The van der Waals surface area contributed by atoms with Crippen molar-refractivity contribution in [3.05, 3.63) is 0 Å². The molecule has 0 amide bonds. The summed E-state index contributed by atoms with van der Waals surface area (Å²) in [7, 11) is 0. The SMILES string of the molecule is CCCCCCCCCCCCCCCCCCCCC(CCCCCCCCCCCCCCCCCCCC)N(CCO)CCO.Cl. The second-order valence-corrected chi connectivity index (χ2v) is 15.7. The van der Waals surface area contributed by atoms with E-state index in [1.165, 1.54) is 244 Å². The summed E-state index contributed by atoms with van der Waals surface area (Å²) < 4.78 is 0. The second kappa shape index (κ2) is 46.2. The normalized spacial score (nSPS) is 11.6. The molecule has 0 aromatic carbocycles. The predicted octanol–water partition coefficient (Wildman–Crippen LogP) is 14.9. The summed E-state index contributed by atoms with van der Waals surface area (Å²) in [4.78, 5) is 2.38. The van der Waals surface area contributed by atoms with Gasteiger partial charge in [0.05, 0.1) is 13.2 Å². The first kappa shape index (κ1) is 51.3. The average Bonchev–Trinajstić information content (AvgIpc) is 3.09. The lowest BCUT2D eigenvalue weighted by Crippen LogP contribution is -2.39. The zero-order chi connectivity index (χ0) is 34.9. The number of aliphatic hydroxyl groups excluding tert-OH is 2. The van der Waals surface area contributed by atoms with Crippen LogP contribution in [0.1, 0.15) is 258 Å². The molecule has 298 valence electrons. The van der Waals surface area contributed by atoms with Crippen LogP contribution in [0, 0.1) is 0 Å². The van der Waals surface area contributed by atoms with Gasteiger partial charge in [-0.05, 0) is 12.8 Å². The first-order valence-electron chi connectivity index (χ1n) is 22.8. The van der Waals surface area contributed by atoms with Crippen LogP contribution < -0.4 is 0 Å². The number of unbranched alkanes of at least 4 members (excludes halogenated alkanes) is 34. The molecular weight excluding hydrogens is 622 g/mol. The van der Waals surface area contributed by atoms with E-state index < -0.39 is 0 Å². The van der Waals surface area contributed by atoms with Crippen molar-refractivity contribution in [1.82, 2.24) is 4.90 Å². The van der Waals surface area contributed by atoms with Crippen LogP contribution in [0.2, 0.25) is 0 Å². The van der Waals surface area contributed by atoms with Crippen molar-refractivity contribution in [2.45, 2.75) is 264 Å². The van der Waals surface area contributed by atoms with Crippen molar-refractivity contribution in [1.29, 1.82) is 0 Å². The summed E-state index contributed by atoms with van der Waals surface area (Å²) in [5.41, 5.74) is 0. The van der Waals surface area contributed by atoms with Crippen molar-refractivity contribution >= 4 is 12.4 Å². The number of rotatable bonds is 43. The zero-order valence-corrected chi connectivity index (χ0v) is 34.8. The molecule has 0 saturated heterocycles. The first-order valence-corrected chi connectivity index (χ1v) is 22.8. The largest absolute Gasteiger partial charge is 0.395 e. The van der Waals surface area contributed by atoms with Crippen LogP contribution in [0.3, 0.4) is 0 Å². The van der Waals surface area contributed by atoms with E-state index in [9.17, 15) is 10.2 Å². The van der Waals surface area contributed by atoms with Crippen LogP contribution >= 0.6 is 12.4 Å². The number of hydrogen-bond acceptors (Lipinski definition) is 3. The van der Waals surface area contributed by atoms with E-state index in [-0.39, 0.29) is 25.6 Å². The highest BCUT2D eigenvalue weighted by Crippen LogP contribution is 2.20. The molecule has 0 aromatic rings. The molecule has 0 radical (unpaired) electrons. The van der Waals surface area contributed by atoms with E-state index in [1.54, 1.807) is 0 Å². The van der Waals surface area contributed by atoms with Crippen molar-refractivity contribution in [2.24, 2.45) is 0 Å². The van der Waals surface area contributed by atoms with Gasteiger partial charge in [0.1, 0.15) is 0 Å². The van der Waals surface area contributed by atoms with Gasteiger partial charge in [0, 0.05) is 19.1 Å². The van der Waals surface area contributed by atoms with Crippen molar-refractivity contribution in [3.63, 3.8) is 0 Å². The third-order valence-corrected chi connectivity index (χ3v) is 11.1. The highest BCUT2D eigenvalue weighted by atomic mass is 35.5. The molecule has 0 aliphatic carbocycles. The fourth-order valence-electron chi connectivity index (χ4n) is 7.81. The molecule has 0 saturated carbocycles. The Balaban J connectivity index is 0. The summed E-state index contributed by atoms with van der Waals surface area (Å²) in [6.45, 7) is 6.43. The van der Waals surface area contributed by atoms with Gasteiger partial charge in [0.15, 0.2) is 0 Å². The number of hydrogen-bond donors (Lipinski definition) is 2. The van der Waals surface area contributed by atoms with E-state index in [2.05, 4.69) is 18.7 Å². The van der Waals surface area contributed by atoms with Crippen molar-refractivity contribution in [3.8, 4) is 0 Å². The van der Waals surface area contributed by atoms with E-state index in [1.807, 2.05) is 0 Å². The predicted molar refractivity (Wildman–Crippen MR) is 224 cm³/mol. The van der Waals surface area contributed by atoms with Gasteiger partial charge in [-0.3, -0.25) is 4.90 Å². The van der Waals surface area contributed by atoms with E-state index in [0.29, 0.717) is 19.1 Å². The van der Waals surface area contributed by atoms with Gasteiger partial charge >= 0.3 is 0 Å². The Morgan fingerprint density at radius 1 is 0.306 bits per heavy atom. The molecule has 0 aromatic heterocycles. The molecule has 0 bridgehead atoms. The number of halogens is 1. The topological polar surface area (TPSA) is 43.7 Å². The Labute approximate surface area is 316 Å². The van der Waals surface area contributed by atoms with Crippen LogP contribution in [-0.2, 0) is 0 Å². The van der Waals surface area contributed by atoms with Crippen LogP contribution in [0.5, 0.6) is 0 Å². The molecule has 2 N–H and O–H groups in total. The third-order valence-electron chi connectivity index (χ3n) is 11.1. The van der Waals surface area contributed by atoms with Gasteiger partial charge in [-0.2, -0.15) is 0 Å². The first-order chi connectivity index (χ1) is 23.8. The lowest BCUT2D eigenvalue weighted by Gasteiger charge is -2.31.